The molecule has 154 valence electrons. The van der Waals surface area contributed by atoms with E-state index in [2.05, 4.69) is 39.5 Å². The molecular formula is C22H21ClN4S3. The van der Waals surface area contributed by atoms with Gasteiger partial charge < -0.3 is 4.57 Å². The Morgan fingerprint density at radius 1 is 1.17 bits per heavy atom. The largest absolute Gasteiger partial charge is 0.305 e. The normalized spacial score (nSPS) is 16.0. The van der Waals surface area contributed by atoms with Gasteiger partial charge in [0.2, 0.25) is 0 Å². The molecule has 0 amide bonds. The highest BCUT2D eigenvalue weighted by atomic mass is 35.5. The molecule has 5 rings (SSSR count). The summed E-state index contributed by atoms with van der Waals surface area (Å²) in [6, 6.07) is 7.84. The Bertz CT molecular complexity index is 1190. The standard InChI is InChI=1S/C22H21ClN4S3/c1-13-7-8-15-17(12-28-19(15)9-13)20-25-26-22(27(20)2)30-11-14-10-29-21(24-14)16-5-3-4-6-18(16)23/h3-6,10,12-13H,7-9,11H2,1-2H3/t13-/m1/s1. The van der Waals surface area contributed by atoms with Gasteiger partial charge in [-0.3, -0.25) is 0 Å². The topological polar surface area (TPSA) is 43.6 Å². The molecule has 0 fully saturated rings. The van der Waals surface area contributed by atoms with Crippen LogP contribution in [0.4, 0.5) is 0 Å². The fourth-order valence-corrected chi connectivity index (χ4v) is 7.10. The van der Waals surface area contributed by atoms with Crippen LogP contribution in [0.1, 0.15) is 29.5 Å². The molecule has 1 aromatic carbocycles. The van der Waals surface area contributed by atoms with Gasteiger partial charge in [-0.25, -0.2) is 4.98 Å². The molecule has 4 nitrogen and oxygen atoms in total. The highest BCUT2D eigenvalue weighted by Gasteiger charge is 2.23. The van der Waals surface area contributed by atoms with Gasteiger partial charge in [0.05, 0.1) is 10.7 Å². The van der Waals surface area contributed by atoms with Crippen molar-refractivity contribution in [3.05, 3.63) is 56.2 Å². The number of aromatic nitrogens is 4. The number of hydrogen-bond acceptors (Lipinski definition) is 6. The molecule has 3 heterocycles. The van der Waals surface area contributed by atoms with Gasteiger partial charge in [0, 0.05) is 39.6 Å². The summed E-state index contributed by atoms with van der Waals surface area (Å²) >= 11 is 11.5. The Morgan fingerprint density at radius 3 is 2.90 bits per heavy atom. The van der Waals surface area contributed by atoms with Crippen molar-refractivity contribution >= 4 is 46.0 Å². The second-order valence-corrected chi connectivity index (χ2v) is 10.8. The van der Waals surface area contributed by atoms with E-state index >= 15 is 0 Å². The summed E-state index contributed by atoms with van der Waals surface area (Å²) < 4.78 is 2.12. The van der Waals surface area contributed by atoms with Gasteiger partial charge in [-0.1, -0.05) is 48.5 Å². The molecule has 0 spiro atoms. The molecule has 0 radical (unpaired) electrons. The summed E-state index contributed by atoms with van der Waals surface area (Å²) in [6.45, 7) is 2.34. The molecule has 30 heavy (non-hydrogen) atoms. The van der Waals surface area contributed by atoms with E-state index in [0.717, 1.165) is 50.4 Å². The number of thiazole rings is 1. The Labute approximate surface area is 193 Å². The summed E-state index contributed by atoms with van der Waals surface area (Å²) in [5, 5.41) is 16.0. The Morgan fingerprint density at radius 2 is 2.03 bits per heavy atom. The minimum atomic E-state index is 0.734. The van der Waals surface area contributed by atoms with Crippen LogP contribution in [0.25, 0.3) is 22.0 Å². The predicted molar refractivity (Wildman–Crippen MR) is 128 cm³/mol. The van der Waals surface area contributed by atoms with E-state index in [0.29, 0.717) is 0 Å². The van der Waals surface area contributed by atoms with E-state index in [1.807, 2.05) is 35.6 Å². The van der Waals surface area contributed by atoms with Crippen molar-refractivity contribution in [3.8, 4) is 22.0 Å². The zero-order chi connectivity index (χ0) is 20.7. The number of rotatable bonds is 5. The molecule has 0 aliphatic heterocycles. The van der Waals surface area contributed by atoms with Crippen LogP contribution in [0.5, 0.6) is 0 Å². The first-order valence-electron chi connectivity index (χ1n) is 9.91. The zero-order valence-corrected chi connectivity index (χ0v) is 20.0. The van der Waals surface area contributed by atoms with Gasteiger partial charge in [-0.2, -0.15) is 0 Å². The number of thiophene rings is 1. The van der Waals surface area contributed by atoms with Crippen LogP contribution >= 0.6 is 46.0 Å². The average molecular weight is 473 g/mol. The van der Waals surface area contributed by atoms with Crippen molar-refractivity contribution in [2.24, 2.45) is 13.0 Å². The van der Waals surface area contributed by atoms with Crippen LogP contribution < -0.4 is 0 Å². The first-order valence-corrected chi connectivity index (χ1v) is 13.0. The molecule has 1 aliphatic carbocycles. The van der Waals surface area contributed by atoms with Crippen LogP contribution in [-0.2, 0) is 25.6 Å². The fourth-order valence-electron chi connectivity index (χ4n) is 3.81. The van der Waals surface area contributed by atoms with Crippen LogP contribution in [0, 0.1) is 5.92 Å². The van der Waals surface area contributed by atoms with Crippen molar-refractivity contribution in [2.45, 2.75) is 37.1 Å². The molecule has 0 unspecified atom stereocenters. The van der Waals surface area contributed by atoms with E-state index in [1.54, 1.807) is 23.1 Å². The molecule has 0 bridgehead atoms. The average Bonchev–Trinajstić information content (AvgIpc) is 3.45. The van der Waals surface area contributed by atoms with Crippen molar-refractivity contribution in [1.82, 2.24) is 19.7 Å². The van der Waals surface area contributed by atoms with Gasteiger partial charge in [0.25, 0.3) is 0 Å². The summed E-state index contributed by atoms with van der Waals surface area (Å²) in [5.41, 5.74) is 4.76. The summed E-state index contributed by atoms with van der Waals surface area (Å²) in [4.78, 5) is 6.29. The third-order valence-corrected chi connectivity index (χ3v) is 8.84. The third-order valence-electron chi connectivity index (χ3n) is 5.48. The first kappa shape index (κ1) is 20.2. The Balaban J connectivity index is 1.32. The lowest BCUT2D eigenvalue weighted by Crippen LogP contribution is -2.09. The SMILES string of the molecule is C[C@@H]1CCc2c(-c3nnc(SCc4csc(-c5ccccc5Cl)n4)n3C)csc2C1. The molecular weight excluding hydrogens is 452 g/mol. The van der Waals surface area contributed by atoms with Crippen molar-refractivity contribution in [2.75, 3.05) is 0 Å². The molecule has 0 saturated carbocycles. The second kappa shape index (κ2) is 8.46. The first-order chi connectivity index (χ1) is 14.6. The monoisotopic (exact) mass is 472 g/mol. The molecule has 4 aromatic rings. The molecule has 1 aliphatic rings. The fraction of sp³-hybridized carbons (Fsp3) is 0.318. The number of fused-ring (bicyclic) bond motifs is 1. The third kappa shape index (κ3) is 3.84. The van der Waals surface area contributed by atoms with Gasteiger partial charge >= 0.3 is 0 Å². The van der Waals surface area contributed by atoms with Crippen molar-refractivity contribution < 1.29 is 0 Å². The van der Waals surface area contributed by atoms with Gasteiger partial charge in [0.15, 0.2) is 11.0 Å². The molecule has 3 aromatic heterocycles. The molecule has 0 saturated heterocycles. The quantitative estimate of drug-likeness (QED) is 0.302. The van der Waals surface area contributed by atoms with Crippen LogP contribution in [0.3, 0.4) is 0 Å². The van der Waals surface area contributed by atoms with Crippen molar-refractivity contribution in [1.29, 1.82) is 0 Å². The van der Waals surface area contributed by atoms with E-state index in [4.69, 9.17) is 16.6 Å². The number of thioether (sulfide) groups is 1. The smallest absolute Gasteiger partial charge is 0.191 e. The highest BCUT2D eigenvalue weighted by Crippen LogP contribution is 2.38. The summed E-state index contributed by atoms with van der Waals surface area (Å²) in [7, 11) is 2.06. The van der Waals surface area contributed by atoms with E-state index < -0.39 is 0 Å². The Hall–Kier alpha value is -1.67. The number of nitrogens with zero attached hydrogens (tertiary/aromatic N) is 4. The van der Waals surface area contributed by atoms with E-state index in [1.165, 1.54) is 28.8 Å². The summed E-state index contributed by atoms with van der Waals surface area (Å²) in [6.07, 6.45) is 3.60. The van der Waals surface area contributed by atoms with E-state index in [-0.39, 0.29) is 0 Å². The summed E-state index contributed by atoms with van der Waals surface area (Å²) in [5.74, 6) is 2.51. The van der Waals surface area contributed by atoms with Crippen LogP contribution in [0.2, 0.25) is 5.02 Å². The Kier molecular flexibility index (Phi) is 5.71. The maximum absolute atomic E-state index is 6.31. The lowest BCUT2D eigenvalue weighted by Gasteiger charge is -2.18. The number of hydrogen-bond donors (Lipinski definition) is 0. The minimum Gasteiger partial charge on any atom is -0.305 e. The zero-order valence-electron chi connectivity index (χ0n) is 16.8. The maximum Gasteiger partial charge on any atom is 0.191 e. The van der Waals surface area contributed by atoms with E-state index in [9.17, 15) is 0 Å². The lowest BCUT2D eigenvalue weighted by molar-refractivity contribution is 0.508. The van der Waals surface area contributed by atoms with Gasteiger partial charge in [0.1, 0.15) is 5.01 Å². The predicted octanol–water partition coefficient (Wildman–Crippen LogP) is 6.74. The second-order valence-electron chi connectivity index (χ2n) is 7.68. The van der Waals surface area contributed by atoms with Crippen LogP contribution in [-0.4, -0.2) is 19.7 Å². The number of halogens is 1. The molecule has 0 N–H and O–H groups in total. The number of benzene rings is 1. The van der Waals surface area contributed by atoms with Crippen LogP contribution in [0.15, 0.2) is 40.2 Å². The van der Waals surface area contributed by atoms with Gasteiger partial charge in [-0.05, 0) is 36.8 Å². The van der Waals surface area contributed by atoms with Crippen molar-refractivity contribution in [3.63, 3.8) is 0 Å². The maximum atomic E-state index is 6.31. The molecule has 8 heteroatoms. The van der Waals surface area contributed by atoms with Gasteiger partial charge in [-0.15, -0.1) is 32.9 Å². The minimum absolute atomic E-state index is 0.734. The molecule has 1 atom stereocenters. The highest BCUT2D eigenvalue weighted by molar-refractivity contribution is 7.98. The lowest BCUT2D eigenvalue weighted by atomic mass is 9.88.